The summed E-state index contributed by atoms with van der Waals surface area (Å²) in [7, 11) is 0. The Morgan fingerprint density at radius 2 is 2.16 bits per heavy atom. The van der Waals surface area contributed by atoms with Gasteiger partial charge in [-0.2, -0.15) is 0 Å². The molecule has 0 radical (unpaired) electrons. The number of nitrogens with zero attached hydrogens (tertiary/aromatic N) is 2. The second kappa shape index (κ2) is 6.70. The third-order valence-corrected chi connectivity index (χ3v) is 2.80. The molecule has 1 aromatic heterocycles. The SMILES string of the molecule is O=C(Cn1ccnc1)N[C@H](CO)Cc1ccccc1. The first-order chi connectivity index (χ1) is 9.28. The molecule has 2 rings (SSSR count). The smallest absolute Gasteiger partial charge is 0.240 e. The van der Waals surface area contributed by atoms with Crippen molar-refractivity contribution in [2.75, 3.05) is 6.61 Å². The summed E-state index contributed by atoms with van der Waals surface area (Å²) in [6, 6.07) is 9.51. The predicted molar refractivity (Wildman–Crippen MR) is 71.4 cm³/mol. The molecule has 0 aliphatic heterocycles. The molecule has 0 saturated heterocycles. The Balaban J connectivity index is 1.86. The lowest BCUT2D eigenvalue weighted by Gasteiger charge is -2.16. The number of amides is 1. The molecule has 0 bridgehead atoms. The number of aromatic nitrogens is 2. The Morgan fingerprint density at radius 1 is 1.37 bits per heavy atom. The normalized spacial score (nSPS) is 12.1. The van der Waals surface area contributed by atoms with Crippen molar-refractivity contribution >= 4 is 5.91 Å². The van der Waals surface area contributed by atoms with Crippen LogP contribution < -0.4 is 5.32 Å². The molecule has 1 aromatic carbocycles. The Morgan fingerprint density at radius 3 is 2.79 bits per heavy atom. The monoisotopic (exact) mass is 259 g/mol. The van der Waals surface area contributed by atoms with E-state index in [1.807, 2.05) is 30.3 Å². The fourth-order valence-electron chi connectivity index (χ4n) is 1.88. The van der Waals surface area contributed by atoms with Crippen LogP contribution in [0.2, 0.25) is 0 Å². The minimum Gasteiger partial charge on any atom is -0.394 e. The number of imidazole rings is 1. The van der Waals surface area contributed by atoms with Crippen molar-refractivity contribution < 1.29 is 9.90 Å². The molecule has 2 N–H and O–H groups in total. The first kappa shape index (κ1) is 13.3. The summed E-state index contributed by atoms with van der Waals surface area (Å²) in [4.78, 5) is 15.7. The van der Waals surface area contributed by atoms with Crippen molar-refractivity contribution in [3.63, 3.8) is 0 Å². The van der Waals surface area contributed by atoms with Crippen LogP contribution in [0.15, 0.2) is 49.1 Å². The highest BCUT2D eigenvalue weighted by Crippen LogP contribution is 2.03. The highest BCUT2D eigenvalue weighted by molar-refractivity contribution is 5.76. The molecule has 0 unspecified atom stereocenters. The van der Waals surface area contributed by atoms with Gasteiger partial charge in [-0.25, -0.2) is 4.98 Å². The molecule has 0 aliphatic carbocycles. The number of benzene rings is 1. The number of nitrogens with one attached hydrogen (secondary N) is 1. The summed E-state index contributed by atoms with van der Waals surface area (Å²) in [5.74, 6) is -0.131. The maximum Gasteiger partial charge on any atom is 0.240 e. The fourth-order valence-corrected chi connectivity index (χ4v) is 1.88. The van der Waals surface area contributed by atoms with Gasteiger partial charge in [0.25, 0.3) is 0 Å². The zero-order valence-corrected chi connectivity index (χ0v) is 10.6. The molecular weight excluding hydrogens is 242 g/mol. The van der Waals surface area contributed by atoms with E-state index in [-0.39, 0.29) is 25.1 Å². The molecule has 1 atom stereocenters. The van der Waals surface area contributed by atoms with Crippen LogP contribution in [0, 0.1) is 0 Å². The average Bonchev–Trinajstić information content (AvgIpc) is 2.92. The van der Waals surface area contributed by atoms with Gasteiger partial charge in [0.05, 0.1) is 19.0 Å². The zero-order valence-electron chi connectivity index (χ0n) is 10.6. The number of rotatable bonds is 6. The van der Waals surface area contributed by atoms with Gasteiger partial charge in [-0.15, -0.1) is 0 Å². The van der Waals surface area contributed by atoms with Crippen LogP contribution >= 0.6 is 0 Å². The van der Waals surface area contributed by atoms with E-state index in [9.17, 15) is 9.90 Å². The van der Waals surface area contributed by atoms with Crippen molar-refractivity contribution in [1.29, 1.82) is 0 Å². The summed E-state index contributed by atoms with van der Waals surface area (Å²) in [6.45, 7) is 0.135. The van der Waals surface area contributed by atoms with Crippen LogP contribution in [0.5, 0.6) is 0 Å². The Hall–Kier alpha value is -2.14. The van der Waals surface area contributed by atoms with Crippen LogP contribution in [-0.4, -0.2) is 33.2 Å². The van der Waals surface area contributed by atoms with E-state index in [0.29, 0.717) is 6.42 Å². The third kappa shape index (κ3) is 4.22. The van der Waals surface area contributed by atoms with Crippen LogP contribution in [0.4, 0.5) is 0 Å². The fraction of sp³-hybridized carbons (Fsp3) is 0.286. The number of hydrogen-bond acceptors (Lipinski definition) is 3. The Labute approximate surface area is 111 Å². The van der Waals surface area contributed by atoms with Gasteiger partial charge < -0.3 is 15.0 Å². The highest BCUT2D eigenvalue weighted by atomic mass is 16.3. The first-order valence-electron chi connectivity index (χ1n) is 6.18. The first-order valence-corrected chi connectivity index (χ1v) is 6.18. The van der Waals surface area contributed by atoms with Gasteiger partial charge >= 0.3 is 0 Å². The maximum absolute atomic E-state index is 11.8. The van der Waals surface area contributed by atoms with Crippen molar-refractivity contribution in [3.8, 4) is 0 Å². The maximum atomic E-state index is 11.8. The number of aliphatic hydroxyl groups excluding tert-OH is 1. The van der Waals surface area contributed by atoms with E-state index in [0.717, 1.165) is 5.56 Å². The van der Waals surface area contributed by atoms with Crippen molar-refractivity contribution in [2.24, 2.45) is 0 Å². The van der Waals surface area contributed by atoms with Crippen LogP contribution in [0.25, 0.3) is 0 Å². The van der Waals surface area contributed by atoms with E-state index < -0.39 is 0 Å². The van der Waals surface area contributed by atoms with Crippen molar-refractivity contribution in [1.82, 2.24) is 14.9 Å². The van der Waals surface area contributed by atoms with Crippen LogP contribution in [-0.2, 0) is 17.8 Å². The minimum atomic E-state index is -0.265. The number of carbonyl (C=O) groups excluding carboxylic acids is 1. The molecule has 1 heterocycles. The molecule has 19 heavy (non-hydrogen) atoms. The minimum absolute atomic E-state index is 0.0788. The van der Waals surface area contributed by atoms with Crippen LogP contribution in [0.1, 0.15) is 5.56 Å². The molecule has 5 heteroatoms. The molecule has 1 amide bonds. The highest BCUT2D eigenvalue weighted by Gasteiger charge is 2.12. The number of hydrogen-bond donors (Lipinski definition) is 2. The summed E-state index contributed by atoms with van der Waals surface area (Å²) in [5, 5.41) is 12.1. The lowest BCUT2D eigenvalue weighted by atomic mass is 10.1. The Kier molecular flexibility index (Phi) is 4.69. The van der Waals surface area contributed by atoms with Gasteiger partial charge in [-0.1, -0.05) is 30.3 Å². The standard InChI is InChI=1S/C14H17N3O2/c18-10-13(8-12-4-2-1-3-5-12)16-14(19)9-17-7-6-15-11-17/h1-7,11,13,18H,8-10H2,(H,16,19)/t13-/m0/s1. The zero-order chi connectivity index (χ0) is 13.5. The lowest BCUT2D eigenvalue weighted by Crippen LogP contribution is -2.40. The van der Waals surface area contributed by atoms with E-state index >= 15 is 0 Å². The van der Waals surface area contributed by atoms with Crippen molar-refractivity contribution in [3.05, 3.63) is 54.6 Å². The van der Waals surface area contributed by atoms with Gasteiger partial charge in [0, 0.05) is 12.4 Å². The van der Waals surface area contributed by atoms with Gasteiger partial charge in [0.15, 0.2) is 0 Å². The summed E-state index contributed by atoms with van der Waals surface area (Å²) < 4.78 is 1.69. The van der Waals surface area contributed by atoms with E-state index in [2.05, 4.69) is 10.3 Å². The quantitative estimate of drug-likeness (QED) is 0.798. The van der Waals surface area contributed by atoms with Gasteiger partial charge in [-0.05, 0) is 12.0 Å². The molecule has 0 aliphatic rings. The van der Waals surface area contributed by atoms with Gasteiger partial charge in [0.2, 0.25) is 5.91 Å². The summed E-state index contributed by atoms with van der Waals surface area (Å²) in [5.41, 5.74) is 1.09. The number of aliphatic hydroxyl groups is 1. The van der Waals surface area contributed by atoms with E-state index in [1.165, 1.54) is 0 Å². The summed E-state index contributed by atoms with van der Waals surface area (Å²) in [6.07, 6.45) is 5.56. The third-order valence-electron chi connectivity index (χ3n) is 2.80. The molecule has 100 valence electrons. The van der Waals surface area contributed by atoms with Crippen molar-refractivity contribution in [2.45, 2.75) is 19.0 Å². The van der Waals surface area contributed by atoms with Crippen LogP contribution in [0.3, 0.4) is 0 Å². The van der Waals surface area contributed by atoms with Gasteiger partial charge in [0.1, 0.15) is 6.54 Å². The molecule has 5 nitrogen and oxygen atoms in total. The predicted octanol–water partition coefficient (Wildman–Crippen LogP) is 0.603. The molecular formula is C14H17N3O2. The molecule has 2 aromatic rings. The second-order valence-corrected chi connectivity index (χ2v) is 4.37. The van der Waals surface area contributed by atoms with E-state index in [4.69, 9.17) is 0 Å². The molecule has 0 spiro atoms. The summed E-state index contributed by atoms with van der Waals surface area (Å²) >= 11 is 0. The van der Waals surface area contributed by atoms with Gasteiger partial charge in [-0.3, -0.25) is 4.79 Å². The lowest BCUT2D eigenvalue weighted by molar-refractivity contribution is -0.122. The topological polar surface area (TPSA) is 67.2 Å². The molecule has 0 saturated carbocycles. The largest absolute Gasteiger partial charge is 0.394 e. The second-order valence-electron chi connectivity index (χ2n) is 4.37. The number of carbonyl (C=O) groups is 1. The Bertz CT molecular complexity index is 497. The van der Waals surface area contributed by atoms with E-state index in [1.54, 1.807) is 23.3 Å². The molecule has 0 fully saturated rings. The average molecular weight is 259 g/mol.